The number of hydrogen-bond donors (Lipinski definition) is 0. The third-order valence-corrected chi connectivity index (χ3v) is 11.9. The molecule has 7 aromatic rings. The van der Waals surface area contributed by atoms with Gasteiger partial charge in [-0.3, -0.25) is 0 Å². The first kappa shape index (κ1) is 28.6. The predicted octanol–water partition coefficient (Wildman–Crippen LogP) is 13.0. The largest absolute Gasteiger partial charge is 0.312 e. The van der Waals surface area contributed by atoms with Crippen molar-refractivity contribution in [3.05, 3.63) is 162 Å². The van der Waals surface area contributed by atoms with E-state index in [9.17, 15) is 0 Å². The van der Waals surface area contributed by atoms with Gasteiger partial charge in [0, 0.05) is 27.3 Å². The van der Waals surface area contributed by atoms with Gasteiger partial charge in [0.25, 0.3) is 0 Å². The first-order valence-electron chi connectivity index (χ1n) is 17.7. The number of allylic oxidation sites excluding steroid dienone is 4. The van der Waals surface area contributed by atoms with Crippen molar-refractivity contribution < 1.29 is 0 Å². The number of benzene rings is 6. The van der Waals surface area contributed by atoms with Crippen molar-refractivity contribution in [1.82, 2.24) is 4.57 Å². The summed E-state index contributed by atoms with van der Waals surface area (Å²) in [5, 5.41) is 2.68. The topological polar surface area (TPSA) is 4.93 Å². The van der Waals surface area contributed by atoms with Crippen molar-refractivity contribution in [3.8, 4) is 44.5 Å². The molecule has 1 aromatic heterocycles. The molecule has 236 valence electrons. The molecule has 0 bridgehead atoms. The molecule has 0 amide bonds. The number of fused-ring (bicyclic) bond motifs is 7. The Morgan fingerprint density at radius 1 is 0.490 bits per heavy atom. The minimum Gasteiger partial charge on any atom is -0.312 e. The number of hydrogen-bond acceptors (Lipinski definition) is 0. The Morgan fingerprint density at radius 2 is 1.10 bits per heavy atom. The SMILES string of the molecule is CC1(C)C2=C(CCC=C2)n2c3ccc(-c4ccc(-c5ccccc5)cc4)cc3c3cc(-c4ccc5c(c4)C(C)(C)c4ccccc4-5)cc1c32. The highest BCUT2D eigenvalue weighted by atomic mass is 15.0. The molecular weight excluding hydrogens is 591 g/mol. The maximum absolute atomic E-state index is 2.61. The lowest BCUT2D eigenvalue weighted by Crippen LogP contribution is -2.27. The summed E-state index contributed by atoms with van der Waals surface area (Å²) in [6.45, 7) is 9.62. The molecule has 0 saturated heterocycles. The Balaban J connectivity index is 1.19. The minimum absolute atomic E-state index is 0.0346. The van der Waals surface area contributed by atoms with Crippen molar-refractivity contribution in [3.63, 3.8) is 0 Å². The van der Waals surface area contributed by atoms with Crippen LogP contribution >= 0.6 is 0 Å². The molecule has 0 unspecified atom stereocenters. The van der Waals surface area contributed by atoms with Crippen LogP contribution in [-0.4, -0.2) is 4.57 Å². The zero-order valence-electron chi connectivity index (χ0n) is 28.6. The minimum atomic E-state index is -0.104. The average Bonchev–Trinajstić information content (AvgIpc) is 3.59. The Bertz CT molecular complexity index is 2570. The summed E-state index contributed by atoms with van der Waals surface area (Å²) in [6.07, 6.45) is 6.93. The third-order valence-electron chi connectivity index (χ3n) is 11.9. The van der Waals surface area contributed by atoms with E-state index in [-0.39, 0.29) is 10.8 Å². The lowest BCUT2D eigenvalue weighted by molar-refractivity contribution is 0.624. The summed E-state index contributed by atoms with van der Waals surface area (Å²) in [7, 11) is 0. The molecule has 0 saturated carbocycles. The first-order valence-corrected chi connectivity index (χ1v) is 17.7. The molecule has 0 atom stereocenters. The second-order valence-corrected chi connectivity index (χ2v) is 15.3. The third kappa shape index (κ3) is 3.99. The lowest BCUT2D eigenvalue weighted by Gasteiger charge is -2.37. The Hall–Kier alpha value is -5.40. The normalized spacial score (nSPS) is 16.6. The van der Waals surface area contributed by atoms with Gasteiger partial charge in [0.2, 0.25) is 0 Å². The number of aromatic nitrogens is 1. The first-order chi connectivity index (χ1) is 23.8. The van der Waals surface area contributed by atoms with Gasteiger partial charge in [-0.25, -0.2) is 0 Å². The molecule has 3 aliphatic rings. The molecule has 10 rings (SSSR count). The van der Waals surface area contributed by atoms with E-state index in [2.05, 4.69) is 172 Å². The highest BCUT2D eigenvalue weighted by molar-refractivity contribution is 6.15. The van der Waals surface area contributed by atoms with Crippen molar-refractivity contribution in [2.24, 2.45) is 0 Å². The molecule has 2 heterocycles. The summed E-state index contributed by atoms with van der Waals surface area (Å²) in [4.78, 5) is 0. The van der Waals surface area contributed by atoms with Crippen LogP contribution in [0.5, 0.6) is 0 Å². The number of rotatable bonds is 3. The van der Waals surface area contributed by atoms with Crippen LogP contribution in [0.3, 0.4) is 0 Å². The smallest absolute Gasteiger partial charge is 0.0579 e. The van der Waals surface area contributed by atoms with Gasteiger partial charge in [-0.1, -0.05) is 137 Å². The fourth-order valence-electron chi connectivity index (χ4n) is 9.22. The maximum atomic E-state index is 2.61. The Kier molecular flexibility index (Phi) is 5.87. The molecule has 0 fully saturated rings. The van der Waals surface area contributed by atoms with E-state index in [0.717, 1.165) is 12.8 Å². The highest BCUT2D eigenvalue weighted by Crippen LogP contribution is 2.53. The quantitative estimate of drug-likeness (QED) is 0.183. The van der Waals surface area contributed by atoms with Crippen LogP contribution in [0.25, 0.3) is 72.0 Å². The Morgan fingerprint density at radius 3 is 1.92 bits per heavy atom. The summed E-state index contributed by atoms with van der Waals surface area (Å²) >= 11 is 0. The van der Waals surface area contributed by atoms with Crippen LogP contribution in [0.1, 0.15) is 57.2 Å². The van der Waals surface area contributed by atoms with Gasteiger partial charge >= 0.3 is 0 Å². The molecule has 2 aliphatic carbocycles. The van der Waals surface area contributed by atoms with Gasteiger partial charge in [0.05, 0.1) is 11.0 Å². The van der Waals surface area contributed by atoms with Gasteiger partial charge in [0.1, 0.15) is 0 Å². The molecule has 1 heteroatoms. The van der Waals surface area contributed by atoms with Gasteiger partial charge in [0.15, 0.2) is 0 Å². The van der Waals surface area contributed by atoms with Crippen LogP contribution in [0, 0.1) is 0 Å². The summed E-state index contributed by atoms with van der Waals surface area (Å²) in [5.41, 5.74) is 20.0. The fraction of sp³-hybridized carbons (Fsp3) is 0.167. The van der Waals surface area contributed by atoms with Crippen LogP contribution < -0.4 is 0 Å². The molecule has 0 radical (unpaired) electrons. The van der Waals surface area contributed by atoms with E-state index >= 15 is 0 Å². The number of nitrogens with zero attached hydrogens (tertiary/aromatic N) is 1. The van der Waals surface area contributed by atoms with Crippen molar-refractivity contribution in [2.75, 3.05) is 0 Å². The zero-order chi connectivity index (χ0) is 33.1. The van der Waals surface area contributed by atoms with E-state index in [0.29, 0.717) is 0 Å². The van der Waals surface area contributed by atoms with E-state index < -0.39 is 0 Å². The fourth-order valence-corrected chi connectivity index (χ4v) is 9.22. The van der Waals surface area contributed by atoms with Crippen molar-refractivity contribution in [2.45, 2.75) is 51.4 Å². The van der Waals surface area contributed by atoms with Crippen LogP contribution in [-0.2, 0) is 10.8 Å². The molecule has 0 spiro atoms. The zero-order valence-corrected chi connectivity index (χ0v) is 28.6. The van der Waals surface area contributed by atoms with E-state index in [1.807, 2.05) is 0 Å². The molecular formula is C48H39N. The second-order valence-electron chi connectivity index (χ2n) is 15.3. The molecule has 1 aliphatic heterocycles. The van der Waals surface area contributed by atoms with Gasteiger partial charge < -0.3 is 4.57 Å². The molecule has 6 aromatic carbocycles. The van der Waals surface area contributed by atoms with Crippen LogP contribution in [0.4, 0.5) is 0 Å². The summed E-state index contributed by atoms with van der Waals surface area (Å²) < 4.78 is 2.61. The maximum Gasteiger partial charge on any atom is 0.0579 e. The van der Waals surface area contributed by atoms with Crippen LogP contribution in [0.2, 0.25) is 0 Å². The van der Waals surface area contributed by atoms with E-state index in [4.69, 9.17) is 0 Å². The van der Waals surface area contributed by atoms with Crippen LogP contribution in [0.15, 0.2) is 145 Å². The van der Waals surface area contributed by atoms with Gasteiger partial charge in [-0.2, -0.15) is 0 Å². The highest BCUT2D eigenvalue weighted by Gasteiger charge is 2.38. The van der Waals surface area contributed by atoms with E-state index in [1.165, 1.54) is 94.3 Å². The van der Waals surface area contributed by atoms with E-state index in [1.54, 1.807) is 0 Å². The van der Waals surface area contributed by atoms with Gasteiger partial charge in [-0.05, 0) is 110 Å². The molecule has 49 heavy (non-hydrogen) atoms. The monoisotopic (exact) mass is 629 g/mol. The molecule has 0 N–H and O–H groups in total. The van der Waals surface area contributed by atoms with Crippen molar-refractivity contribution >= 4 is 27.5 Å². The Labute approximate surface area is 288 Å². The average molecular weight is 630 g/mol. The van der Waals surface area contributed by atoms with Crippen molar-refractivity contribution in [1.29, 1.82) is 0 Å². The standard InChI is InChI=1S/C48H39N/c1-47(2)40-15-9-8-14-36(40)37-24-22-34(28-42(37)47)35-27-39-38-26-33(32-20-18-31(19-21-32)30-12-6-5-7-13-30)23-25-44(38)49-45-17-11-10-16-41(45)48(3,4)43(29-35)46(39)49/h5-10,12-16,18-29H,11,17H2,1-4H3. The summed E-state index contributed by atoms with van der Waals surface area (Å²) in [6, 6.07) is 48.0. The second kappa shape index (κ2) is 10.1. The van der Waals surface area contributed by atoms with Gasteiger partial charge in [-0.15, -0.1) is 0 Å². The summed E-state index contributed by atoms with van der Waals surface area (Å²) in [5.74, 6) is 0. The lowest BCUT2D eigenvalue weighted by atomic mass is 9.71. The molecule has 1 nitrogen and oxygen atoms in total. The predicted molar refractivity (Wildman–Crippen MR) is 208 cm³/mol.